The van der Waals surface area contributed by atoms with Crippen molar-refractivity contribution in [1.82, 2.24) is 9.38 Å². The lowest BCUT2D eigenvalue weighted by Gasteiger charge is -2.00. The topological polar surface area (TPSA) is 17.3 Å². The van der Waals surface area contributed by atoms with Crippen LogP contribution in [-0.2, 0) is 12.8 Å². The minimum Gasteiger partial charge on any atom is -0.294 e. The Balaban J connectivity index is 1.89. The predicted molar refractivity (Wildman–Crippen MR) is 78.2 cm³/mol. The molecule has 0 aliphatic heterocycles. The van der Waals surface area contributed by atoms with E-state index in [1.165, 1.54) is 35.5 Å². The van der Waals surface area contributed by atoms with Gasteiger partial charge in [0.2, 0.25) is 0 Å². The van der Waals surface area contributed by atoms with E-state index in [0.717, 1.165) is 27.1 Å². The standard InChI is InChI=1S/C14H10BrFN2S/c15-10-6-8(16)4-5-9(10)11-7-18-12-2-1-3-13(12)19-14(18)17-11/h4-7H,1-3H2. The molecule has 5 heteroatoms. The summed E-state index contributed by atoms with van der Waals surface area (Å²) in [6, 6.07) is 4.72. The zero-order chi connectivity index (χ0) is 13.0. The molecule has 0 N–H and O–H groups in total. The molecule has 1 aromatic carbocycles. The number of thiazole rings is 1. The van der Waals surface area contributed by atoms with Crippen molar-refractivity contribution < 1.29 is 4.39 Å². The molecule has 19 heavy (non-hydrogen) atoms. The van der Waals surface area contributed by atoms with Crippen LogP contribution < -0.4 is 0 Å². The second-order valence-corrected chi connectivity index (χ2v) is 6.64. The molecule has 2 nitrogen and oxygen atoms in total. The summed E-state index contributed by atoms with van der Waals surface area (Å²) in [5, 5.41) is 0. The highest BCUT2D eigenvalue weighted by Gasteiger charge is 2.20. The second kappa shape index (κ2) is 4.15. The zero-order valence-corrected chi connectivity index (χ0v) is 12.4. The SMILES string of the molecule is Fc1ccc(-c2cn3c4c(sc3n2)CCC4)c(Br)c1. The van der Waals surface area contributed by atoms with Crippen molar-refractivity contribution in [3.8, 4) is 11.3 Å². The first kappa shape index (κ1) is 11.6. The molecule has 4 rings (SSSR count). The molecule has 0 saturated heterocycles. The smallest absolute Gasteiger partial charge is 0.194 e. The summed E-state index contributed by atoms with van der Waals surface area (Å²) in [6.07, 6.45) is 5.62. The van der Waals surface area contributed by atoms with Crippen molar-refractivity contribution in [2.24, 2.45) is 0 Å². The van der Waals surface area contributed by atoms with Crippen molar-refractivity contribution in [2.45, 2.75) is 19.3 Å². The van der Waals surface area contributed by atoms with Crippen molar-refractivity contribution in [3.63, 3.8) is 0 Å². The third-order valence-corrected chi connectivity index (χ3v) is 5.34. The van der Waals surface area contributed by atoms with Crippen LogP contribution in [0.5, 0.6) is 0 Å². The molecule has 96 valence electrons. The van der Waals surface area contributed by atoms with Crippen LogP contribution >= 0.6 is 27.3 Å². The maximum atomic E-state index is 13.1. The van der Waals surface area contributed by atoms with Crippen LogP contribution in [0.3, 0.4) is 0 Å². The van der Waals surface area contributed by atoms with Gasteiger partial charge >= 0.3 is 0 Å². The minimum absolute atomic E-state index is 0.238. The van der Waals surface area contributed by atoms with E-state index in [-0.39, 0.29) is 5.82 Å². The van der Waals surface area contributed by atoms with Gasteiger partial charge < -0.3 is 0 Å². The Kier molecular flexibility index (Phi) is 2.53. The van der Waals surface area contributed by atoms with Crippen LogP contribution in [0.2, 0.25) is 0 Å². The summed E-state index contributed by atoms with van der Waals surface area (Å²) in [4.78, 5) is 7.17. The van der Waals surface area contributed by atoms with Crippen LogP contribution in [0.25, 0.3) is 16.2 Å². The summed E-state index contributed by atoms with van der Waals surface area (Å²) in [6.45, 7) is 0. The van der Waals surface area contributed by atoms with Crippen LogP contribution in [-0.4, -0.2) is 9.38 Å². The summed E-state index contributed by atoms with van der Waals surface area (Å²) in [7, 11) is 0. The molecule has 0 unspecified atom stereocenters. The van der Waals surface area contributed by atoms with E-state index in [1.54, 1.807) is 17.4 Å². The van der Waals surface area contributed by atoms with Gasteiger partial charge in [0.1, 0.15) is 5.82 Å². The number of hydrogen-bond donors (Lipinski definition) is 0. The Morgan fingerprint density at radius 2 is 2.21 bits per heavy atom. The fourth-order valence-corrected chi connectivity index (χ4v) is 4.37. The van der Waals surface area contributed by atoms with Crippen molar-refractivity contribution in [3.05, 3.63) is 45.3 Å². The first-order chi connectivity index (χ1) is 9.22. The zero-order valence-electron chi connectivity index (χ0n) is 9.99. The third-order valence-electron chi connectivity index (χ3n) is 3.53. The van der Waals surface area contributed by atoms with Gasteiger partial charge in [0.25, 0.3) is 0 Å². The molecule has 2 heterocycles. The van der Waals surface area contributed by atoms with Gasteiger partial charge in [0.15, 0.2) is 4.96 Å². The molecule has 0 saturated carbocycles. The van der Waals surface area contributed by atoms with E-state index in [9.17, 15) is 4.39 Å². The van der Waals surface area contributed by atoms with Gasteiger partial charge in [0, 0.05) is 26.8 Å². The Morgan fingerprint density at radius 3 is 3.05 bits per heavy atom. The number of rotatable bonds is 1. The van der Waals surface area contributed by atoms with Crippen LogP contribution in [0, 0.1) is 5.82 Å². The highest BCUT2D eigenvalue weighted by atomic mass is 79.9. The quantitative estimate of drug-likeness (QED) is 0.641. The largest absolute Gasteiger partial charge is 0.294 e. The van der Waals surface area contributed by atoms with Gasteiger partial charge in [-0.3, -0.25) is 4.40 Å². The Labute approximate surface area is 122 Å². The van der Waals surface area contributed by atoms with E-state index >= 15 is 0 Å². The molecule has 3 aromatic rings. The second-order valence-electron chi connectivity index (χ2n) is 4.73. The molecular formula is C14H10BrFN2S. The molecule has 1 aliphatic carbocycles. The molecule has 0 spiro atoms. The molecule has 0 bridgehead atoms. The van der Waals surface area contributed by atoms with E-state index in [2.05, 4.69) is 31.5 Å². The van der Waals surface area contributed by atoms with Gasteiger partial charge in [-0.15, -0.1) is 11.3 Å². The van der Waals surface area contributed by atoms with Gasteiger partial charge in [0.05, 0.1) is 5.69 Å². The number of nitrogens with zero attached hydrogens (tertiary/aromatic N) is 2. The van der Waals surface area contributed by atoms with Crippen molar-refractivity contribution >= 4 is 32.2 Å². The van der Waals surface area contributed by atoms with E-state index < -0.39 is 0 Å². The molecule has 2 aromatic heterocycles. The van der Waals surface area contributed by atoms with Crippen molar-refractivity contribution in [1.29, 1.82) is 0 Å². The average molecular weight is 337 g/mol. The maximum absolute atomic E-state index is 13.1. The number of hydrogen-bond acceptors (Lipinski definition) is 2. The van der Waals surface area contributed by atoms with E-state index in [4.69, 9.17) is 0 Å². The lowest BCUT2D eigenvalue weighted by atomic mass is 10.2. The Hall–Kier alpha value is -1.20. The normalized spacial score (nSPS) is 14.2. The minimum atomic E-state index is -0.238. The monoisotopic (exact) mass is 336 g/mol. The van der Waals surface area contributed by atoms with Gasteiger partial charge in [-0.2, -0.15) is 0 Å². The maximum Gasteiger partial charge on any atom is 0.194 e. The third kappa shape index (κ3) is 1.75. The Bertz CT molecular complexity index is 790. The molecular weight excluding hydrogens is 327 g/mol. The van der Waals surface area contributed by atoms with E-state index in [0.29, 0.717) is 0 Å². The van der Waals surface area contributed by atoms with E-state index in [1.807, 2.05) is 0 Å². The Morgan fingerprint density at radius 1 is 1.32 bits per heavy atom. The van der Waals surface area contributed by atoms with Gasteiger partial charge in [-0.05, 0) is 53.4 Å². The number of halogens is 2. The highest BCUT2D eigenvalue weighted by Crippen LogP contribution is 2.34. The highest BCUT2D eigenvalue weighted by molar-refractivity contribution is 9.10. The van der Waals surface area contributed by atoms with Gasteiger partial charge in [-0.25, -0.2) is 9.37 Å². The molecule has 0 radical (unpaired) electrons. The fraction of sp³-hybridized carbons (Fsp3) is 0.214. The number of aromatic nitrogens is 2. The number of benzene rings is 1. The summed E-state index contributed by atoms with van der Waals surface area (Å²) < 4.78 is 16.1. The predicted octanol–water partition coefficient (Wildman–Crippen LogP) is 4.45. The molecule has 0 fully saturated rings. The first-order valence-electron chi connectivity index (χ1n) is 6.17. The average Bonchev–Trinajstić information content (AvgIpc) is 2.99. The summed E-state index contributed by atoms with van der Waals surface area (Å²) >= 11 is 5.18. The summed E-state index contributed by atoms with van der Waals surface area (Å²) in [5.74, 6) is -0.238. The first-order valence-corrected chi connectivity index (χ1v) is 7.78. The lowest BCUT2D eigenvalue weighted by molar-refractivity contribution is 0.627. The lowest BCUT2D eigenvalue weighted by Crippen LogP contribution is -1.85. The molecule has 0 amide bonds. The number of fused-ring (bicyclic) bond motifs is 3. The fourth-order valence-electron chi connectivity index (χ4n) is 2.63. The number of imidazole rings is 1. The molecule has 0 atom stereocenters. The summed E-state index contributed by atoms with van der Waals surface area (Å²) in [5.41, 5.74) is 3.23. The van der Waals surface area contributed by atoms with Crippen molar-refractivity contribution in [2.75, 3.05) is 0 Å². The van der Waals surface area contributed by atoms with Crippen LogP contribution in [0.1, 0.15) is 17.0 Å². The molecule has 1 aliphatic rings. The van der Waals surface area contributed by atoms with Crippen LogP contribution in [0.15, 0.2) is 28.9 Å². The van der Waals surface area contributed by atoms with Gasteiger partial charge in [-0.1, -0.05) is 0 Å². The van der Waals surface area contributed by atoms with Crippen LogP contribution in [0.4, 0.5) is 4.39 Å². The number of aryl methyl sites for hydroxylation is 2.